The van der Waals surface area contributed by atoms with Crippen LogP contribution in [-0.4, -0.2) is 36.5 Å². The van der Waals surface area contributed by atoms with Gasteiger partial charge in [-0.15, -0.1) is 0 Å². The van der Waals surface area contributed by atoms with Crippen molar-refractivity contribution in [3.05, 3.63) is 69.8 Å². The molecule has 0 fully saturated rings. The summed E-state index contributed by atoms with van der Waals surface area (Å²) in [6.45, 7) is 5.51. The van der Waals surface area contributed by atoms with Crippen molar-refractivity contribution in [1.29, 1.82) is 0 Å². The van der Waals surface area contributed by atoms with Crippen LogP contribution in [0.3, 0.4) is 0 Å². The van der Waals surface area contributed by atoms with Crippen molar-refractivity contribution in [3.63, 3.8) is 0 Å². The molecule has 1 aliphatic rings. The van der Waals surface area contributed by atoms with Crippen molar-refractivity contribution in [2.75, 3.05) is 4.90 Å². The third kappa shape index (κ3) is 2.61. The Morgan fingerprint density at radius 2 is 1.60 bits per heavy atom. The number of halogens is 1. The number of nitrogens with zero attached hydrogens (tertiary/aromatic N) is 6. The number of anilines is 1. The fourth-order valence-corrected chi connectivity index (χ4v) is 3.85. The molecule has 0 saturated carbocycles. The van der Waals surface area contributed by atoms with Gasteiger partial charge < -0.3 is 0 Å². The van der Waals surface area contributed by atoms with Crippen molar-refractivity contribution < 1.29 is 9.59 Å². The predicted molar refractivity (Wildman–Crippen MR) is 111 cm³/mol. The number of amides is 2. The van der Waals surface area contributed by atoms with Crippen molar-refractivity contribution in [3.8, 4) is 5.95 Å². The van der Waals surface area contributed by atoms with E-state index < -0.39 is 11.8 Å². The lowest BCUT2D eigenvalue weighted by molar-refractivity contribution is 0.0926. The number of carbonyl (C=O) groups is 2. The van der Waals surface area contributed by atoms with Crippen LogP contribution in [-0.2, 0) is 0 Å². The molecule has 8 nitrogen and oxygen atoms in total. The van der Waals surface area contributed by atoms with Gasteiger partial charge in [-0.1, -0.05) is 11.6 Å². The highest BCUT2D eigenvalue weighted by Crippen LogP contribution is 2.34. The minimum atomic E-state index is -0.429. The quantitative estimate of drug-likeness (QED) is 0.462. The zero-order valence-electron chi connectivity index (χ0n) is 16.3. The Morgan fingerprint density at radius 1 is 0.933 bits per heavy atom. The van der Waals surface area contributed by atoms with Gasteiger partial charge in [-0.3, -0.25) is 9.59 Å². The van der Waals surface area contributed by atoms with E-state index in [0.717, 1.165) is 16.3 Å². The van der Waals surface area contributed by atoms with Crippen LogP contribution in [0, 0.1) is 20.8 Å². The second-order valence-corrected chi connectivity index (χ2v) is 7.55. The minimum Gasteiger partial charge on any atom is -0.268 e. The second kappa shape index (κ2) is 6.43. The SMILES string of the molecule is Cc1cc(C)nc(-n2nc(C)c3c4c(cnc32)C(=O)N(c2ccc(Cl)cc2)C4=O)n1. The summed E-state index contributed by atoms with van der Waals surface area (Å²) in [6.07, 6.45) is 1.41. The second-order valence-electron chi connectivity index (χ2n) is 7.12. The van der Waals surface area contributed by atoms with Crippen molar-refractivity contribution in [1.82, 2.24) is 24.7 Å². The molecular weight excluding hydrogens is 404 g/mol. The molecule has 5 rings (SSSR count). The molecule has 0 saturated heterocycles. The minimum absolute atomic E-state index is 0.242. The lowest BCUT2D eigenvalue weighted by Gasteiger charge is -2.13. The Labute approximate surface area is 176 Å². The fourth-order valence-electron chi connectivity index (χ4n) is 3.73. The number of fused-ring (bicyclic) bond motifs is 3. The largest absolute Gasteiger partial charge is 0.268 e. The number of rotatable bonds is 2. The molecule has 9 heteroatoms. The number of benzene rings is 1. The van der Waals surface area contributed by atoms with E-state index in [9.17, 15) is 9.59 Å². The van der Waals surface area contributed by atoms with E-state index in [-0.39, 0.29) is 11.1 Å². The highest BCUT2D eigenvalue weighted by molar-refractivity contribution is 6.37. The Balaban J connectivity index is 1.72. The average Bonchev–Trinajstić information content (AvgIpc) is 3.16. The van der Waals surface area contributed by atoms with Gasteiger partial charge in [0.2, 0.25) is 0 Å². The van der Waals surface area contributed by atoms with Gasteiger partial charge in [0, 0.05) is 22.6 Å². The van der Waals surface area contributed by atoms with E-state index in [4.69, 9.17) is 11.6 Å². The van der Waals surface area contributed by atoms with Gasteiger partial charge in [-0.2, -0.15) is 9.78 Å². The molecule has 1 aliphatic heterocycles. The van der Waals surface area contributed by atoms with Crippen LogP contribution in [0.1, 0.15) is 37.8 Å². The first kappa shape index (κ1) is 18.4. The molecule has 0 radical (unpaired) electrons. The number of imide groups is 1. The Bertz CT molecular complexity index is 1360. The molecule has 4 aromatic rings. The molecule has 1 aromatic carbocycles. The van der Waals surface area contributed by atoms with Crippen LogP contribution < -0.4 is 4.90 Å². The van der Waals surface area contributed by atoms with Crippen LogP contribution in [0.25, 0.3) is 17.0 Å². The van der Waals surface area contributed by atoms with Gasteiger partial charge >= 0.3 is 0 Å². The van der Waals surface area contributed by atoms with Crippen LogP contribution >= 0.6 is 11.6 Å². The van der Waals surface area contributed by atoms with Crippen molar-refractivity contribution >= 4 is 40.1 Å². The molecule has 0 bridgehead atoms. The van der Waals surface area contributed by atoms with E-state index >= 15 is 0 Å². The summed E-state index contributed by atoms with van der Waals surface area (Å²) in [6, 6.07) is 8.39. The van der Waals surface area contributed by atoms with E-state index in [1.165, 1.54) is 10.9 Å². The molecule has 0 spiro atoms. The normalized spacial score (nSPS) is 13.4. The van der Waals surface area contributed by atoms with Crippen LogP contribution in [0.4, 0.5) is 5.69 Å². The summed E-state index contributed by atoms with van der Waals surface area (Å²) in [4.78, 5) is 40.7. The Morgan fingerprint density at radius 3 is 2.27 bits per heavy atom. The smallest absolute Gasteiger partial charge is 0.267 e. The number of aromatic nitrogens is 5. The molecular formula is C21H15ClN6O2. The van der Waals surface area contributed by atoms with E-state index in [2.05, 4.69) is 20.1 Å². The number of hydrogen-bond acceptors (Lipinski definition) is 6. The highest BCUT2D eigenvalue weighted by atomic mass is 35.5. The number of pyridine rings is 1. The first-order chi connectivity index (χ1) is 14.3. The van der Waals surface area contributed by atoms with E-state index in [1.54, 1.807) is 31.2 Å². The first-order valence-corrected chi connectivity index (χ1v) is 9.58. The van der Waals surface area contributed by atoms with Crippen molar-refractivity contribution in [2.45, 2.75) is 20.8 Å². The van der Waals surface area contributed by atoms with Crippen LogP contribution in [0.15, 0.2) is 36.5 Å². The standard InChI is InChI=1S/C21H15ClN6O2/c1-10-8-11(2)25-21(24-10)28-18-16(12(3)26-28)17-15(9-23-18)19(29)27(20(17)30)14-6-4-13(22)5-7-14/h4-9H,1-3H3. The lowest BCUT2D eigenvalue weighted by atomic mass is 10.1. The maximum Gasteiger partial charge on any atom is 0.267 e. The number of aryl methyl sites for hydroxylation is 3. The highest BCUT2D eigenvalue weighted by Gasteiger charge is 2.40. The topological polar surface area (TPSA) is 93.9 Å². The van der Waals surface area contributed by atoms with Gasteiger partial charge in [-0.05, 0) is 51.1 Å². The number of hydrogen-bond donors (Lipinski definition) is 0. The summed E-state index contributed by atoms with van der Waals surface area (Å²) in [7, 11) is 0. The zero-order valence-corrected chi connectivity index (χ0v) is 17.1. The fraction of sp³-hybridized carbons (Fsp3) is 0.143. The zero-order chi connectivity index (χ0) is 21.2. The van der Waals surface area contributed by atoms with Gasteiger partial charge in [0.1, 0.15) is 0 Å². The molecule has 0 atom stereocenters. The lowest BCUT2D eigenvalue weighted by Crippen LogP contribution is -2.29. The molecule has 4 heterocycles. The Hall–Kier alpha value is -3.65. The molecule has 2 amide bonds. The molecule has 3 aromatic heterocycles. The molecule has 30 heavy (non-hydrogen) atoms. The summed E-state index contributed by atoms with van der Waals surface area (Å²) in [5, 5.41) is 5.56. The maximum atomic E-state index is 13.3. The summed E-state index contributed by atoms with van der Waals surface area (Å²) < 4.78 is 1.51. The van der Waals surface area contributed by atoms with Gasteiger partial charge in [0.05, 0.1) is 27.9 Å². The maximum absolute atomic E-state index is 13.3. The van der Waals surface area contributed by atoms with E-state index in [0.29, 0.717) is 33.4 Å². The average molecular weight is 419 g/mol. The van der Waals surface area contributed by atoms with Gasteiger partial charge in [-0.25, -0.2) is 19.9 Å². The third-order valence-corrected chi connectivity index (χ3v) is 5.22. The molecule has 0 N–H and O–H groups in total. The van der Waals surface area contributed by atoms with Gasteiger partial charge in [0.15, 0.2) is 5.65 Å². The molecule has 0 unspecified atom stereocenters. The monoisotopic (exact) mass is 418 g/mol. The van der Waals surface area contributed by atoms with Crippen molar-refractivity contribution in [2.24, 2.45) is 0 Å². The van der Waals surface area contributed by atoms with Gasteiger partial charge in [0.25, 0.3) is 17.8 Å². The first-order valence-electron chi connectivity index (χ1n) is 9.20. The molecule has 148 valence electrons. The predicted octanol–water partition coefficient (Wildman–Crippen LogP) is 3.59. The summed E-state index contributed by atoms with van der Waals surface area (Å²) >= 11 is 5.94. The third-order valence-electron chi connectivity index (χ3n) is 4.97. The molecule has 0 aliphatic carbocycles. The Kier molecular flexibility index (Phi) is 3.94. The van der Waals surface area contributed by atoms with E-state index in [1.807, 2.05) is 19.9 Å². The summed E-state index contributed by atoms with van der Waals surface area (Å²) in [5.41, 5.74) is 3.55. The number of carbonyl (C=O) groups excluding carboxylic acids is 2. The van der Waals surface area contributed by atoms with Crippen LogP contribution in [0.2, 0.25) is 5.02 Å². The van der Waals surface area contributed by atoms with Crippen LogP contribution in [0.5, 0.6) is 0 Å². The summed E-state index contributed by atoms with van der Waals surface area (Å²) in [5.74, 6) is -0.486.